The van der Waals surface area contributed by atoms with E-state index >= 15 is 0 Å². The highest BCUT2D eigenvalue weighted by Gasteiger charge is 2.42. The molecule has 32 heavy (non-hydrogen) atoms. The summed E-state index contributed by atoms with van der Waals surface area (Å²) in [6.45, 7) is 0.395. The van der Waals surface area contributed by atoms with Crippen LogP contribution in [-0.4, -0.2) is 49.8 Å². The maximum Gasteiger partial charge on any atom is 0.256 e. The minimum Gasteiger partial charge on any atom is -0.483 e. The molecule has 2 aliphatic carbocycles. The first-order valence-corrected chi connectivity index (χ1v) is 11.1. The number of fused-ring (bicyclic) bond motifs is 2. The number of amides is 1. The molecule has 1 amide bonds. The van der Waals surface area contributed by atoms with Gasteiger partial charge in [-0.15, -0.1) is 0 Å². The second-order valence-corrected chi connectivity index (χ2v) is 9.04. The Balaban J connectivity index is 1.42. The first kappa shape index (κ1) is 18.2. The number of nitrogens with one attached hydrogen (secondary N) is 1. The second kappa shape index (κ2) is 6.54. The van der Waals surface area contributed by atoms with Gasteiger partial charge in [-0.3, -0.25) is 4.79 Å². The SMILES string of the molecule is O=C1N[C@H]2C[C@H](C2)Oc2ncc(F)cc2CN2c3nc4c1cnn4cc3O[C@H]1CCC[C@H]12. The number of rotatable bonds is 0. The van der Waals surface area contributed by atoms with E-state index in [0.29, 0.717) is 53.6 Å². The molecule has 10 heteroatoms. The molecule has 3 aromatic heterocycles. The van der Waals surface area contributed by atoms with Crippen LogP contribution in [0, 0.1) is 5.82 Å². The second-order valence-electron chi connectivity index (χ2n) is 9.04. The number of hydrogen-bond acceptors (Lipinski definition) is 7. The summed E-state index contributed by atoms with van der Waals surface area (Å²) in [5.74, 6) is 1.08. The predicted molar refractivity (Wildman–Crippen MR) is 110 cm³/mol. The van der Waals surface area contributed by atoms with Crippen molar-refractivity contribution in [1.29, 1.82) is 0 Å². The quantitative estimate of drug-likeness (QED) is 0.578. The van der Waals surface area contributed by atoms with Gasteiger partial charge in [0.2, 0.25) is 5.88 Å². The molecule has 0 unspecified atom stereocenters. The maximum absolute atomic E-state index is 14.2. The molecule has 0 radical (unpaired) electrons. The van der Waals surface area contributed by atoms with Crippen LogP contribution in [0.2, 0.25) is 0 Å². The van der Waals surface area contributed by atoms with E-state index in [2.05, 4.69) is 20.3 Å². The minimum absolute atomic E-state index is 0.00555. The Morgan fingerprint density at radius 3 is 3.00 bits per heavy atom. The van der Waals surface area contributed by atoms with E-state index in [1.165, 1.54) is 12.3 Å². The topological polar surface area (TPSA) is 93.9 Å². The first-order chi connectivity index (χ1) is 15.6. The number of carbonyl (C=O) groups excluding carboxylic acids is 1. The van der Waals surface area contributed by atoms with Gasteiger partial charge in [-0.2, -0.15) is 5.10 Å². The lowest BCUT2D eigenvalue weighted by molar-refractivity contribution is 0.0671. The summed E-state index contributed by atoms with van der Waals surface area (Å²) in [6, 6.07) is 1.61. The Labute approximate surface area is 182 Å². The van der Waals surface area contributed by atoms with Crippen molar-refractivity contribution in [3.05, 3.63) is 41.6 Å². The van der Waals surface area contributed by atoms with Gasteiger partial charge >= 0.3 is 0 Å². The molecule has 2 saturated carbocycles. The molecule has 1 N–H and O–H groups in total. The van der Waals surface area contributed by atoms with E-state index in [1.54, 1.807) is 16.9 Å². The fraction of sp³-hybridized carbons (Fsp3) is 0.455. The van der Waals surface area contributed by atoms with E-state index in [1.807, 2.05) is 0 Å². The Morgan fingerprint density at radius 1 is 1.19 bits per heavy atom. The number of anilines is 1. The Bertz CT molecular complexity index is 1260. The van der Waals surface area contributed by atoms with Gasteiger partial charge < -0.3 is 19.7 Å². The fourth-order valence-corrected chi connectivity index (χ4v) is 5.32. The molecular formula is C22H21FN6O3. The normalized spacial score (nSPS) is 28.2. The minimum atomic E-state index is -0.398. The van der Waals surface area contributed by atoms with Crippen molar-refractivity contribution in [2.24, 2.45) is 0 Å². The summed E-state index contributed by atoms with van der Waals surface area (Å²) in [7, 11) is 0. The third-order valence-electron chi connectivity index (χ3n) is 6.99. The van der Waals surface area contributed by atoms with Gasteiger partial charge in [0.1, 0.15) is 23.6 Å². The number of ether oxygens (including phenoxy) is 2. The van der Waals surface area contributed by atoms with Crippen LogP contribution in [0.4, 0.5) is 10.2 Å². The summed E-state index contributed by atoms with van der Waals surface area (Å²) < 4.78 is 28.2. The van der Waals surface area contributed by atoms with Crippen molar-refractivity contribution in [3.8, 4) is 11.6 Å². The molecule has 0 aromatic carbocycles. The Hall–Kier alpha value is -3.43. The highest BCUT2D eigenvalue weighted by molar-refractivity contribution is 6.00. The predicted octanol–water partition coefficient (Wildman–Crippen LogP) is 2.24. The zero-order chi connectivity index (χ0) is 21.4. The third kappa shape index (κ3) is 2.68. The summed E-state index contributed by atoms with van der Waals surface area (Å²) in [4.78, 5) is 24.2. The van der Waals surface area contributed by atoms with Crippen LogP contribution in [0.1, 0.15) is 48.0 Å². The molecule has 2 atom stereocenters. The van der Waals surface area contributed by atoms with Crippen LogP contribution in [0.15, 0.2) is 24.7 Å². The molecule has 6 heterocycles. The zero-order valence-corrected chi connectivity index (χ0v) is 17.2. The summed E-state index contributed by atoms with van der Waals surface area (Å²) in [6.07, 6.45) is 8.75. The molecule has 3 aromatic rings. The van der Waals surface area contributed by atoms with E-state index in [9.17, 15) is 9.18 Å². The van der Waals surface area contributed by atoms with Gasteiger partial charge in [-0.05, 0) is 25.3 Å². The fourth-order valence-electron chi connectivity index (χ4n) is 5.32. The van der Waals surface area contributed by atoms with Crippen LogP contribution < -0.4 is 19.7 Å². The van der Waals surface area contributed by atoms with Gasteiger partial charge in [0.05, 0.1) is 31.2 Å². The Morgan fingerprint density at radius 2 is 2.09 bits per heavy atom. The molecule has 9 nitrogen and oxygen atoms in total. The van der Waals surface area contributed by atoms with E-state index in [0.717, 1.165) is 19.3 Å². The molecule has 4 bridgehead atoms. The third-order valence-corrected chi connectivity index (χ3v) is 6.99. The molecule has 2 fully saturated rings. The van der Waals surface area contributed by atoms with Crippen LogP contribution >= 0.6 is 0 Å². The molecule has 164 valence electrons. The number of carbonyl (C=O) groups is 1. The number of pyridine rings is 1. The van der Waals surface area contributed by atoms with Crippen molar-refractivity contribution in [1.82, 2.24) is 24.9 Å². The summed E-state index contributed by atoms with van der Waals surface area (Å²) in [5.41, 5.74) is 1.59. The molecule has 8 rings (SSSR count). The standard InChI is InChI=1S/C22H21FN6O3/c23-12-4-11-9-28-16-2-1-3-17(16)32-18-10-29-19(27-20(18)28)15(8-25-29)21(30)26-13-5-14(6-13)31-22(11)24-7-12/h4,7-8,10,13-14,16-17H,1-3,5-6,9H2,(H,26,30)/t13-,14+,16-,17+/m1/s1. The van der Waals surface area contributed by atoms with Gasteiger partial charge in [-0.1, -0.05) is 0 Å². The monoisotopic (exact) mass is 436 g/mol. The van der Waals surface area contributed by atoms with Gasteiger partial charge in [0.15, 0.2) is 17.2 Å². The van der Waals surface area contributed by atoms with Crippen LogP contribution in [0.25, 0.3) is 5.65 Å². The smallest absolute Gasteiger partial charge is 0.256 e. The number of aromatic nitrogens is 4. The van der Waals surface area contributed by atoms with E-state index in [-0.39, 0.29) is 30.2 Å². The number of hydrogen-bond donors (Lipinski definition) is 1. The van der Waals surface area contributed by atoms with Crippen molar-refractivity contribution < 1.29 is 18.7 Å². The van der Waals surface area contributed by atoms with Crippen molar-refractivity contribution in [2.45, 2.75) is 62.9 Å². The first-order valence-electron chi connectivity index (χ1n) is 11.1. The van der Waals surface area contributed by atoms with Crippen molar-refractivity contribution in [2.75, 3.05) is 4.90 Å². The summed E-state index contributed by atoms with van der Waals surface area (Å²) >= 11 is 0. The van der Waals surface area contributed by atoms with Gasteiger partial charge in [-0.25, -0.2) is 18.9 Å². The molecular weight excluding hydrogens is 415 g/mol. The Kier molecular flexibility index (Phi) is 3.71. The van der Waals surface area contributed by atoms with Crippen LogP contribution in [0.3, 0.4) is 0 Å². The average Bonchev–Trinajstić information content (AvgIpc) is 3.38. The average molecular weight is 436 g/mol. The highest BCUT2D eigenvalue weighted by atomic mass is 19.1. The lowest BCUT2D eigenvalue weighted by Crippen LogP contribution is -2.49. The van der Waals surface area contributed by atoms with Crippen LogP contribution in [-0.2, 0) is 6.54 Å². The van der Waals surface area contributed by atoms with Crippen molar-refractivity contribution in [3.63, 3.8) is 0 Å². The molecule has 0 spiro atoms. The molecule has 5 aliphatic rings. The lowest BCUT2D eigenvalue weighted by Gasteiger charge is -2.40. The van der Waals surface area contributed by atoms with Gasteiger partial charge in [0, 0.05) is 24.4 Å². The zero-order valence-electron chi connectivity index (χ0n) is 17.2. The van der Waals surface area contributed by atoms with Crippen molar-refractivity contribution >= 4 is 17.4 Å². The van der Waals surface area contributed by atoms with Crippen LogP contribution in [0.5, 0.6) is 11.6 Å². The molecule has 3 aliphatic heterocycles. The largest absolute Gasteiger partial charge is 0.483 e. The van der Waals surface area contributed by atoms with E-state index < -0.39 is 5.82 Å². The maximum atomic E-state index is 14.2. The number of nitrogens with zero attached hydrogens (tertiary/aromatic N) is 5. The summed E-state index contributed by atoms with van der Waals surface area (Å²) in [5, 5.41) is 7.38. The van der Waals surface area contributed by atoms with E-state index in [4.69, 9.17) is 14.5 Å². The van der Waals surface area contributed by atoms with Gasteiger partial charge in [0.25, 0.3) is 5.91 Å². The molecule has 0 saturated heterocycles. The highest BCUT2D eigenvalue weighted by Crippen LogP contribution is 2.42. The number of halogens is 1. The lowest BCUT2D eigenvalue weighted by atomic mass is 9.89.